The Balaban J connectivity index is 2.60. The first-order valence-corrected chi connectivity index (χ1v) is 4.61. The molecule has 1 fully saturated rings. The summed E-state index contributed by atoms with van der Waals surface area (Å²) in [6.07, 6.45) is 2.12. The number of hydrogen-bond acceptors (Lipinski definition) is 2. The Kier molecular flexibility index (Phi) is 3.32. The summed E-state index contributed by atoms with van der Waals surface area (Å²) in [6, 6.07) is 0.603. The van der Waals surface area contributed by atoms with Gasteiger partial charge in [-0.3, -0.25) is 4.90 Å². The fraction of sp³-hybridized carbons (Fsp3) is 0.700. The molecule has 0 amide bonds. The number of carbonyl (C=O) groups is 1. The van der Waals surface area contributed by atoms with E-state index in [1.807, 2.05) is 0 Å². The van der Waals surface area contributed by atoms with E-state index in [1.54, 1.807) is 0 Å². The van der Waals surface area contributed by atoms with Crippen molar-refractivity contribution >= 4 is 5.97 Å². The molecule has 0 aromatic heterocycles. The van der Waals surface area contributed by atoms with Crippen LogP contribution in [0.3, 0.4) is 0 Å². The van der Waals surface area contributed by atoms with E-state index in [4.69, 9.17) is 5.11 Å². The summed E-state index contributed by atoms with van der Waals surface area (Å²) in [7, 11) is 0. The second-order valence-electron chi connectivity index (χ2n) is 3.56. The minimum Gasteiger partial charge on any atom is -0.472 e. The summed E-state index contributed by atoms with van der Waals surface area (Å²) >= 11 is 0. The fourth-order valence-electron chi connectivity index (χ4n) is 1.71. The number of carboxylic acid groups (broad SMARTS) is 1. The van der Waals surface area contributed by atoms with Gasteiger partial charge in [0.2, 0.25) is 0 Å². The lowest BCUT2D eigenvalue weighted by molar-refractivity contribution is -0.130. The lowest BCUT2D eigenvalue weighted by atomic mass is 10.2. The molecule has 1 aliphatic rings. The van der Waals surface area contributed by atoms with Gasteiger partial charge in [-0.2, -0.15) is 0 Å². The molecule has 1 saturated heterocycles. The van der Waals surface area contributed by atoms with Crippen molar-refractivity contribution in [1.29, 1.82) is 0 Å². The molecule has 0 radical (unpaired) electrons. The van der Waals surface area contributed by atoms with Crippen molar-refractivity contribution in [1.82, 2.24) is 4.90 Å². The van der Waals surface area contributed by atoms with Crippen molar-refractivity contribution in [3.63, 3.8) is 0 Å². The Labute approximate surface area is 78.7 Å². The summed E-state index contributed by atoms with van der Waals surface area (Å²) in [6.45, 7) is 5.26. The predicted octanol–water partition coefficient (Wildman–Crippen LogP) is 0.947. The van der Waals surface area contributed by atoms with Crippen LogP contribution >= 0.6 is 0 Å². The highest BCUT2D eigenvalue weighted by Gasteiger charge is 2.24. The van der Waals surface area contributed by atoms with Gasteiger partial charge < -0.3 is 5.11 Å². The third kappa shape index (κ3) is 2.74. The molecule has 3 nitrogen and oxygen atoms in total. The van der Waals surface area contributed by atoms with Gasteiger partial charge in [0.25, 0.3) is 0 Å². The zero-order chi connectivity index (χ0) is 9.84. The van der Waals surface area contributed by atoms with Crippen LogP contribution in [0.1, 0.15) is 26.7 Å². The molecule has 0 spiro atoms. The van der Waals surface area contributed by atoms with Gasteiger partial charge in [0.15, 0.2) is 0 Å². The summed E-state index contributed by atoms with van der Waals surface area (Å²) in [4.78, 5) is 12.5. The second kappa shape index (κ2) is 4.29. The van der Waals surface area contributed by atoms with Crippen molar-refractivity contribution in [2.24, 2.45) is 0 Å². The van der Waals surface area contributed by atoms with Gasteiger partial charge in [-0.1, -0.05) is 5.92 Å². The SMILES string of the molecule is CC(C)N1CCCC1C#CC(=O)O. The Morgan fingerprint density at radius 3 is 2.85 bits per heavy atom. The first kappa shape index (κ1) is 10.1. The van der Waals surface area contributed by atoms with Gasteiger partial charge >= 0.3 is 5.97 Å². The number of likely N-dealkylation sites (tertiary alicyclic amines) is 1. The third-order valence-electron chi connectivity index (χ3n) is 2.30. The van der Waals surface area contributed by atoms with Crippen LogP contribution in [-0.2, 0) is 4.79 Å². The molecule has 0 bridgehead atoms. The van der Waals surface area contributed by atoms with E-state index in [1.165, 1.54) is 0 Å². The van der Waals surface area contributed by atoms with Crippen LogP contribution in [0.4, 0.5) is 0 Å². The third-order valence-corrected chi connectivity index (χ3v) is 2.30. The Morgan fingerprint density at radius 2 is 2.31 bits per heavy atom. The fourth-order valence-corrected chi connectivity index (χ4v) is 1.71. The van der Waals surface area contributed by atoms with Crippen molar-refractivity contribution in [3.05, 3.63) is 0 Å². The maximum atomic E-state index is 10.2. The summed E-state index contributed by atoms with van der Waals surface area (Å²) < 4.78 is 0. The largest absolute Gasteiger partial charge is 0.472 e. The highest BCUT2D eigenvalue weighted by atomic mass is 16.4. The van der Waals surface area contributed by atoms with E-state index in [-0.39, 0.29) is 6.04 Å². The molecule has 72 valence electrons. The minimum absolute atomic E-state index is 0.149. The molecule has 0 saturated carbocycles. The second-order valence-corrected chi connectivity index (χ2v) is 3.56. The first-order valence-electron chi connectivity index (χ1n) is 4.61. The van der Waals surface area contributed by atoms with Gasteiger partial charge in [-0.05, 0) is 33.2 Å². The van der Waals surface area contributed by atoms with E-state index < -0.39 is 5.97 Å². The van der Waals surface area contributed by atoms with Gasteiger partial charge in [0.05, 0.1) is 6.04 Å². The van der Waals surface area contributed by atoms with Crippen molar-refractivity contribution < 1.29 is 9.90 Å². The maximum Gasteiger partial charge on any atom is 0.381 e. The number of hydrogen-bond donors (Lipinski definition) is 1. The van der Waals surface area contributed by atoms with Crippen LogP contribution in [0.25, 0.3) is 0 Å². The van der Waals surface area contributed by atoms with Gasteiger partial charge in [-0.25, -0.2) is 4.79 Å². The zero-order valence-corrected chi connectivity index (χ0v) is 8.08. The van der Waals surface area contributed by atoms with Crippen LogP contribution in [0.2, 0.25) is 0 Å². The Hall–Kier alpha value is -1.01. The maximum absolute atomic E-state index is 10.2. The Bertz CT molecular complexity index is 249. The highest BCUT2D eigenvalue weighted by Crippen LogP contribution is 2.18. The molecule has 1 heterocycles. The van der Waals surface area contributed by atoms with E-state index in [9.17, 15) is 4.79 Å². The lowest BCUT2D eigenvalue weighted by Crippen LogP contribution is -2.34. The average Bonchev–Trinajstić information content (AvgIpc) is 2.47. The van der Waals surface area contributed by atoms with Crippen LogP contribution in [-0.4, -0.2) is 34.6 Å². The molecule has 1 aliphatic heterocycles. The minimum atomic E-state index is -1.03. The first-order chi connectivity index (χ1) is 6.11. The highest BCUT2D eigenvalue weighted by molar-refractivity contribution is 5.86. The molecule has 1 N–H and O–H groups in total. The van der Waals surface area contributed by atoms with Crippen LogP contribution in [0, 0.1) is 11.8 Å². The van der Waals surface area contributed by atoms with E-state index in [0.29, 0.717) is 6.04 Å². The summed E-state index contributed by atoms with van der Waals surface area (Å²) in [5.41, 5.74) is 0. The standard InChI is InChI=1S/C10H15NO2/c1-8(2)11-7-3-4-9(11)5-6-10(12)13/h8-9H,3-4,7H2,1-2H3,(H,12,13). The van der Waals surface area contributed by atoms with Gasteiger partial charge in [-0.15, -0.1) is 0 Å². The lowest BCUT2D eigenvalue weighted by Gasteiger charge is -2.24. The number of aliphatic carboxylic acids is 1. The molecule has 1 atom stereocenters. The molecule has 1 rings (SSSR count). The van der Waals surface area contributed by atoms with E-state index in [2.05, 4.69) is 30.6 Å². The topological polar surface area (TPSA) is 40.5 Å². The van der Waals surface area contributed by atoms with Crippen molar-refractivity contribution in [3.8, 4) is 11.8 Å². The summed E-state index contributed by atoms with van der Waals surface area (Å²) in [5, 5.41) is 8.41. The number of nitrogens with zero attached hydrogens (tertiary/aromatic N) is 1. The van der Waals surface area contributed by atoms with E-state index >= 15 is 0 Å². The number of carboxylic acids is 1. The Morgan fingerprint density at radius 1 is 1.62 bits per heavy atom. The quantitative estimate of drug-likeness (QED) is 0.612. The predicted molar refractivity (Wildman–Crippen MR) is 50.3 cm³/mol. The molecular weight excluding hydrogens is 166 g/mol. The normalized spacial score (nSPS) is 22.8. The molecule has 13 heavy (non-hydrogen) atoms. The summed E-state index contributed by atoms with van der Waals surface area (Å²) in [5.74, 6) is 3.95. The van der Waals surface area contributed by atoms with Gasteiger partial charge in [0, 0.05) is 12.0 Å². The van der Waals surface area contributed by atoms with Crippen molar-refractivity contribution in [2.75, 3.05) is 6.54 Å². The molecule has 0 aliphatic carbocycles. The van der Waals surface area contributed by atoms with Gasteiger partial charge in [0.1, 0.15) is 0 Å². The van der Waals surface area contributed by atoms with Crippen LogP contribution < -0.4 is 0 Å². The van der Waals surface area contributed by atoms with Crippen LogP contribution in [0.15, 0.2) is 0 Å². The molecule has 3 heteroatoms. The number of rotatable bonds is 1. The smallest absolute Gasteiger partial charge is 0.381 e. The van der Waals surface area contributed by atoms with E-state index in [0.717, 1.165) is 19.4 Å². The molecule has 0 aromatic rings. The molecular formula is C10H15NO2. The molecule has 1 unspecified atom stereocenters. The van der Waals surface area contributed by atoms with Crippen LogP contribution in [0.5, 0.6) is 0 Å². The zero-order valence-electron chi connectivity index (χ0n) is 8.08. The molecule has 0 aromatic carbocycles. The van der Waals surface area contributed by atoms with Crippen molar-refractivity contribution in [2.45, 2.75) is 38.8 Å². The monoisotopic (exact) mass is 181 g/mol. The average molecular weight is 181 g/mol.